The lowest BCUT2D eigenvalue weighted by molar-refractivity contribution is 0.482. The average Bonchev–Trinajstić information content (AvgIpc) is 3.55. The molecule has 1 aliphatic rings. The van der Waals surface area contributed by atoms with Gasteiger partial charge in [-0.15, -0.1) is 0 Å². The third-order valence-electron chi connectivity index (χ3n) is 6.23. The maximum absolute atomic E-state index is 6.10. The number of aromatic nitrogens is 3. The fourth-order valence-corrected chi connectivity index (χ4v) is 5.04. The number of hydrogen-bond donors (Lipinski definition) is 1. The van der Waals surface area contributed by atoms with Crippen LogP contribution >= 0.6 is 23.8 Å². The molecule has 5 aromatic rings. The second-order valence-corrected chi connectivity index (χ2v) is 9.37. The Balaban J connectivity index is 1.40. The molecule has 182 valence electrons. The Labute approximate surface area is 225 Å². The smallest absolute Gasteiger partial charge is 0.174 e. The number of ether oxygens (including phenoxy) is 1. The molecule has 0 unspecified atom stereocenters. The number of nitrogens with zero attached hydrogens (tertiary/aromatic N) is 4. The molecule has 2 aromatic carbocycles. The highest BCUT2D eigenvalue weighted by Crippen LogP contribution is 2.42. The topological polar surface area (TPSA) is 55.2 Å². The van der Waals surface area contributed by atoms with Gasteiger partial charge in [0.15, 0.2) is 5.11 Å². The summed E-state index contributed by atoms with van der Waals surface area (Å²) < 4.78 is 8.06. The van der Waals surface area contributed by atoms with Gasteiger partial charge in [-0.25, -0.2) is 4.98 Å². The maximum Gasteiger partial charge on any atom is 0.174 e. The molecule has 3 aromatic heterocycles. The van der Waals surface area contributed by atoms with Crippen LogP contribution < -0.4 is 15.0 Å². The van der Waals surface area contributed by atoms with Crippen molar-refractivity contribution in [1.29, 1.82) is 0 Å². The van der Waals surface area contributed by atoms with Crippen molar-refractivity contribution in [2.24, 2.45) is 0 Å². The van der Waals surface area contributed by atoms with Crippen LogP contribution in [0.5, 0.6) is 11.5 Å². The van der Waals surface area contributed by atoms with E-state index in [4.69, 9.17) is 28.6 Å². The van der Waals surface area contributed by atoms with Gasteiger partial charge in [-0.1, -0.05) is 35.9 Å². The van der Waals surface area contributed by atoms with Crippen molar-refractivity contribution in [3.63, 3.8) is 0 Å². The number of hydrogen-bond acceptors (Lipinski definition) is 4. The van der Waals surface area contributed by atoms with Crippen LogP contribution in [0.3, 0.4) is 0 Å². The fourth-order valence-electron chi connectivity index (χ4n) is 4.59. The van der Waals surface area contributed by atoms with Gasteiger partial charge in [0.25, 0.3) is 0 Å². The lowest BCUT2D eigenvalue weighted by Gasteiger charge is -2.29. The number of halogens is 1. The van der Waals surface area contributed by atoms with Crippen LogP contribution in [0, 0.1) is 0 Å². The zero-order valence-corrected chi connectivity index (χ0v) is 21.2. The summed E-state index contributed by atoms with van der Waals surface area (Å²) in [5.41, 5.74) is 2.86. The number of rotatable bonds is 6. The van der Waals surface area contributed by atoms with Gasteiger partial charge < -0.3 is 19.5 Å². The third kappa shape index (κ3) is 4.67. The molecule has 8 heteroatoms. The fraction of sp³-hybridized carbons (Fsp3) is 0.0690. The maximum atomic E-state index is 6.10. The van der Waals surface area contributed by atoms with Crippen molar-refractivity contribution in [1.82, 2.24) is 19.9 Å². The molecular weight excluding hydrogens is 502 g/mol. The lowest BCUT2D eigenvalue weighted by Crippen LogP contribution is -2.30. The number of anilines is 1. The van der Waals surface area contributed by atoms with Crippen molar-refractivity contribution in [2.75, 3.05) is 4.90 Å². The van der Waals surface area contributed by atoms with Crippen LogP contribution in [0.1, 0.15) is 23.5 Å². The van der Waals surface area contributed by atoms with Crippen LogP contribution in [0.2, 0.25) is 5.02 Å². The minimum Gasteiger partial charge on any atom is -0.457 e. The van der Waals surface area contributed by atoms with E-state index in [0.29, 0.717) is 10.1 Å². The second-order valence-electron chi connectivity index (χ2n) is 8.54. The Kier molecular flexibility index (Phi) is 6.30. The van der Waals surface area contributed by atoms with E-state index >= 15 is 0 Å². The molecule has 1 fully saturated rings. The summed E-state index contributed by atoms with van der Waals surface area (Å²) in [6.07, 6.45) is 5.45. The van der Waals surface area contributed by atoms with Gasteiger partial charge in [0.05, 0.1) is 16.8 Å². The van der Waals surface area contributed by atoms with Crippen molar-refractivity contribution in [3.8, 4) is 17.3 Å². The van der Waals surface area contributed by atoms with Gasteiger partial charge in [-0.05, 0) is 85.0 Å². The van der Waals surface area contributed by atoms with Crippen LogP contribution in [0.4, 0.5) is 5.69 Å². The first kappa shape index (κ1) is 23.2. The molecular formula is C29H22ClN5OS. The molecule has 0 amide bonds. The number of para-hydroxylation sites is 1. The molecule has 37 heavy (non-hydrogen) atoms. The highest BCUT2D eigenvalue weighted by atomic mass is 35.5. The zero-order chi connectivity index (χ0) is 25.2. The minimum atomic E-state index is -0.184. The molecule has 0 saturated carbocycles. The van der Waals surface area contributed by atoms with Gasteiger partial charge >= 0.3 is 0 Å². The summed E-state index contributed by atoms with van der Waals surface area (Å²) in [6, 6.07) is 31.1. The lowest BCUT2D eigenvalue weighted by atomic mass is 10.0. The summed E-state index contributed by atoms with van der Waals surface area (Å²) in [7, 11) is 0. The largest absolute Gasteiger partial charge is 0.457 e. The first-order chi connectivity index (χ1) is 18.2. The number of benzene rings is 2. The Morgan fingerprint density at radius 2 is 1.59 bits per heavy atom. The molecule has 0 aliphatic carbocycles. The minimum absolute atomic E-state index is 0.171. The van der Waals surface area contributed by atoms with Gasteiger partial charge in [0.2, 0.25) is 0 Å². The third-order valence-corrected chi connectivity index (χ3v) is 6.77. The molecule has 1 N–H and O–H groups in total. The van der Waals surface area contributed by atoms with E-state index in [2.05, 4.69) is 30.8 Å². The SMILES string of the molecule is S=C1N[C@H](c2ccccn2)[C@@H](c2cccn2-c2ccc(Cl)cn2)N1c1ccc(Oc2ccccc2)cc1. The van der Waals surface area contributed by atoms with Crippen molar-refractivity contribution >= 4 is 34.6 Å². The number of nitrogens with one attached hydrogen (secondary N) is 1. The van der Waals surface area contributed by atoms with Gasteiger partial charge in [-0.3, -0.25) is 4.98 Å². The summed E-state index contributed by atoms with van der Waals surface area (Å²) in [5.74, 6) is 2.31. The Morgan fingerprint density at radius 3 is 2.32 bits per heavy atom. The molecule has 0 bridgehead atoms. The molecule has 2 atom stereocenters. The predicted molar refractivity (Wildman–Crippen MR) is 149 cm³/mol. The first-order valence-electron chi connectivity index (χ1n) is 11.8. The van der Waals surface area contributed by atoms with Crippen LogP contribution in [0.25, 0.3) is 5.82 Å². The Bertz CT molecular complexity index is 1510. The molecule has 1 saturated heterocycles. The first-order valence-corrected chi connectivity index (χ1v) is 12.6. The molecule has 1 aliphatic heterocycles. The number of thiocarbonyl (C=S) groups is 1. The van der Waals surface area contributed by atoms with Crippen molar-refractivity contribution in [2.45, 2.75) is 12.1 Å². The van der Waals surface area contributed by atoms with Gasteiger partial charge in [-0.2, -0.15) is 0 Å². The highest BCUT2D eigenvalue weighted by molar-refractivity contribution is 7.80. The normalized spacial score (nSPS) is 17.0. The quantitative estimate of drug-likeness (QED) is 0.245. The second kappa shape index (κ2) is 10.0. The molecule has 0 spiro atoms. The molecule has 6 rings (SSSR count). The Hall–Kier alpha value is -4.20. The summed E-state index contributed by atoms with van der Waals surface area (Å²) in [4.78, 5) is 11.3. The predicted octanol–water partition coefficient (Wildman–Crippen LogP) is 6.89. The molecule has 4 heterocycles. The Morgan fingerprint density at radius 1 is 0.811 bits per heavy atom. The van der Waals surface area contributed by atoms with Gasteiger partial charge in [0, 0.05) is 30.0 Å². The van der Waals surface area contributed by atoms with E-state index in [0.717, 1.165) is 34.4 Å². The standard InChI is InChI=1S/C29H22ClN5OS/c30-20-11-16-26(32-19-20)34-18-6-10-25(34)28-27(24-9-4-5-17-31-24)33-29(37)35(28)21-12-14-23(15-13-21)36-22-7-2-1-3-8-22/h1-19,27-28H,(H,33,37)/t27-,28-/m1/s1. The molecule has 6 nitrogen and oxygen atoms in total. The monoisotopic (exact) mass is 523 g/mol. The van der Waals surface area contributed by atoms with Crippen molar-refractivity contribution < 1.29 is 4.74 Å². The van der Waals surface area contributed by atoms with E-state index in [9.17, 15) is 0 Å². The van der Waals surface area contributed by atoms with Crippen LogP contribution in [0.15, 0.2) is 116 Å². The van der Waals surface area contributed by atoms with E-state index in [1.165, 1.54) is 0 Å². The van der Waals surface area contributed by atoms with Crippen LogP contribution in [-0.2, 0) is 0 Å². The summed E-state index contributed by atoms with van der Waals surface area (Å²) >= 11 is 12.0. The van der Waals surface area contributed by atoms with Crippen LogP contribution in [-0.4, -0.2) is 19.6 Å². The average molecular weight is 524 g/mol. The van der Waals surface area contributed by atoms with Crippen molar-refractivity contribution in [3.05, 3.63) is 132 Å². The van der Waals surface area contributed by atoms with E-state index in [-0.39, 0.29) is 12.1 Å². The summed E-state index contributed by atoms with van der Waals surface area (Å²) in [5, 5.41) is 4.72. The van der Waals surface area contributed by atoms with Gasteiger partial charge in [0.1, 0.15) is 23.4 Å². The van der Waals surface area contributed by atoms with E-state index in [1.807, 2.05) is 97.2 Å². The summed E-state index contributed by atoms with van der Waals surface area (Å²) in [6.45, 7) is 0. The highest BCUT2D eigenvalue weighted by Gasteiger charge is 2.42. The van der Waals surface area contributed by atoms with E-state index in [1.54, 1.807) is 12.4 Å². The molecule has 0 radical (unpaired) electrons. The number of pyridine rings is 2. The van der Waals surface area contributed by atoms with E-state index < -0.39 is 0 Å². The zero-order valence-electron chi connectivity index (χ0n) is 19.6.